The standard InChI is InChI=1S/C14H10F2N2OS/c15-10-6-7-12(11(16)8-10)17-14(20)18-13(19)9-4-2-1-3-5-9/h1-8H,(H2,17,18,19,20). The summed E-state index contributed by atoms with van der Waals surface area (Å²) in [7, 11) is 0. The van der Waals surface area contributed by atoms with Crippen LogP contribution in [0.5, 0.6) is 0 Å². The third-order valence-corrected chi connectivity index (χ3v) is 2.65. The smallest absolute Gasteiger partial charge is 0.257 e. The number of halogens is 2. The highest BCUT2D eigenvalue weighted by Crippen LogP contribution is 2.14. The molecule has 0 fully saturated rings. The quantitative estimate of drug-likeness (QED) is 0.836. The number of nitrogens with one attached hydrogen (secondary N) is 2. The van der Waals surface area contributed by atoms with Crippen molar-refractivity contribution in [2.24, 2.45) is 0 Å². The first-order valence-corrected chi connectivity index (χ1v) is 6.09. The number of hydrogen-bond donors (Lipinski definition) is 2. The van der Waals surface area contributed by atoms with Crippen molar-refractivity contribution in [3.8, 4) is 0 Å². The van der Waals surface area contributed by atoms with Crippen LogP contribution in [-0.4, -0.2) is 11.0 Å². The highest BCUT2D eigenvalue weighted by atomic mass is 32.1. The molecule has 1 amide bonds. The Bertz CT molecular complexity index is 647. The van der Waals surface area contributed by atoms with E-state index in [1.165, 1.54) is 6.07 Å². The van der Waals surface area contributed by atoms with Crippen LogP contribution < -0.4 is 10.6 Å². The van der Waals surface area contributed by atoms with Crippen LogP contribution in [0.2, 0.25) is 0 Å². The Balaban J connectivity index is 2.01. The third kappa shape index (κ3) is 3.58. The predicted molar refractivity (Wildman–Crippen MR) is 76.5 cm³/mol. The molecule has 2 aromatic rings. The van der Waals surface area contributed by atoms with E-state index < -0.39 is 17.5 Å². The van der Waals surface area contributed by atoms with Crippen LogP contribution in [0.25, 0.3) is 0 Å². The van der Waals surface area contributed by atoms with E-state index in [2.05, 4.69) is 10.6 Å². The second-order valence-electron chi connectivity index (χ2n) is 3.90. The number of amides is 1. The Morgan fingerprint density at radius 2 is 1.75 bits per heavy atom. The molecule has 20 heavy (non-hydrogen) atoms. The van der Waals surface area contributed by atoms with Gasteiger partial charge in [0, 0.05) is 11.6 Å². The molecular weight excluding hydrogens is 282 g/mol. The van der Waals surface area contributed by atoms with Gasteiger partial charge in [-0.25, -0.2) is 8.78 Å². The first-order chi connectivity index (χ1) is 9.56. The van der Waals surface area contributed by atoms with Gasteiger partial charge in [0.2, 0.25) is 0 Å². The molecule has 0 heterocycles. The van der Waals surface area contributed by atoms with Crippen molar-refractivity contribution in [2.75, 3.05) is 5.32 Å². The van der Waals surface area contributed by atoms with Gasteiger partial charge in [0.25, 0.3) is 5.91 Å². The Morgan fingerprint density at radius 3 is 2.40 bits per heavy atom. The molecule has 0 aliphatic heterocycles. The molecule has 2 rings (SSSR count). The number of rotatable bonds is 2. The van der Waals surface area contributed by atoms with Crippen molar-refractivity contribution in [1.29, 1.82) is 0 Å². The van der Waals surface area contributed by atoms with E-state index in [-0.39, 0.29) is 10.8 Å². The molecule has 0 saturated carbocycles. The van der Waals surface area contributed by atoms with Gasteiger partial charge in [0.1, 0.15) is 11.6 Å². The molecule has 6 heteroatoms. The summed E-state index contributed by atoms with van der Waals surface area (Å²) < 4.78 is 26.1. The summed E-state index contributed by atoms with van der Waals surface area (Å²) in [6, 6.07) is 11.5. The molecule has 0 bridgehead atoms. The van der Waals surface area contributed by atoms with Crippen LogP contribution in [-0.2, 0) is 0 Å². The van der Waals surface area contributed by atoms with Crippen LogP contribution >= 0.6 is 12.2 Å². The summed E-state index contributed by atoms with van der Waals surface area (Å²) in [5, 5.41) is 4.84. The van der Waals surface area contributed by atoms with Crippen molar-refractivity contribution in [2.45, 2.75) is 0 Å². The normalized spacial score (nSPS) is 9.90. The number of anilines is 1. The van der Waals surface area contributed by atoms with E-state index in [1.807, 2.05) is 0 Å². The SMILES string of the molecule is O=C(NC(=S)Nc1ccc(F)cc1F)c1ccccc1. The Labute approximate surface area is 119 Å². The van der Waals surface area contributed by atoms with E-state index in [0.717, 1.165) is 12.1 Å². The van der Waals surface area contributed by atoms with E-state index in [4.69, 9.17) is 12.2 Å². The summed E-state index contributed by atoms with van der Waals surface area (Å²) >= 11 is 4.90. The van der Waals surface area contributed by atoms with Crippen molar-refractivity contribution in [3.63, 3.8) is 0 Å². The molecule has 102 valence electrons. The predicted octanol–water partition coefficient (Wildman–Crippen LogP) is 3.09. The molecule has 0 unspecified atom stereocenters. The number of hydrogen-bond acceptors (Lipinski definition) is 2. The lowest BCUT2D eigenvalue weighted by molar-refractivity contribution is 0.0977. The van der Waals surface area contributed by atoms with Gasteiger partial charge in [0.05, 0.1) is 5.69 Å². The van der Waals surface area contributed by atoms with E-state index in [9.17, 15) is 13.6 Å². The highest BCUT2D eigenvalue weighted by molar-refractivity contribution is 7.80. The zero-order chi connectivity index (χ0) is 14.5. The van der Waals surface area contributed by atoms with Gasteiger partial charge in [-0.1, -0.05) is 18.2 Å². The Morgan fingerprint density at radius 1 is 1.05 bits per heavy atom. The van der Waals surface area contributed by atoms with Gasteiger partial charge >= 0.3 is 0 Å². The maximum Gasteiger partial charge on any atom is 0.257 e. The zero-order valence-corrected chi connectivity index (χ0v) is 11.0. The monoisotopic (exact) mass is 292 g/mol. The number of carbonyl (C=O) groups is 1. The van der Waals surface area contributed by atoms with Gasteiger partial charge in [-0.15, -0.1) is 0 Å². The third-order valence-electron chi connectivity index (χ3n) is 2.44. The molecule has 3 nitrogen and oxygen atoms in total. The van der Waals surface area contributed by atoms with E-state index >= 15 is 0 Å². The largest absolute Gasteiger partial charge is 0.330 e. The summed E-state index contributed by atoms with van der Waals surface area (Å²) in [6.45, 7) is 0. The van der Waals surface area contributed by atoms with Crippen LogP contribution in [0, 0.1) is 11.6 Å². The minimum atomic E-state index is -0.790. The van der Waals surface area contributed by atoms with Crippen LogP contribution in [0.1, 0.15) is 10.4 Å². The Hall–Kier alpha value is -2.34. The van der Waals surface area contributed by atoms with Gasteiger partial charge in [0.15, 0.2) is 5.11 Å². The molecule has 0 aliphatic carbocycles. The number of thiocarbonyl (C=S) groups is 1. The maximum atomic E-state index is 13.4. The number of benzene rings is 2. The minimum absolute atomic E-state index is 0.00948. The molecule has 0 aromatic heterocycles. The lowest BCUT2D eigenvalue weighted by Gasteiger charge is -2.10. The van der Waals surface area contributed by atoms with Gasteiger partial charge in [-0.3, -0.25) is 10.1 Å². The second kappa shape index (κ2) is 6.21. The van der Waals surface area contributed by atoms with Crippen molar-refractivity contribution in [3.05, 3.63) is 65.7 Å². The molecule has 0 aliphatic rings. The molecule has 0 saturated heterocycles. The molecule has 0 spiro atoms. The first-order valence-electron chi connectivity index (χ1n) is 5.68. The fourth-order valence-electron chi connectivity index (χ4n) is 1.51. The zero-order valence-electron chi connectivity index (χ0n) is 10.2. The Kier molecular flexibility index (Phi) is 4.37. The summed E-state index contributed by atoms with van der Waals surface area (Å²) in [5.41, 5.74) is 0.418. The minimum Gasteiger partial charge on any atom is -0.330 e. The first kappa shape index (κ1) is 14.1. The van der Waals surface area contributed by atoms with Crippen molar-refractivity contribution < 1.29 is 13.6 Å². The fraction of sp³-hybridized carbons (Fsp3) is 0. The second-order valence-corrected chi connectivity index (χ2v) is 4.31. The molecule has 0 radical (unpaired) electrons. The van der Waals surface area contributed by atoms with Gasteiger partial charge in [-0.05, 0) is 36.5 Å². The molecule has 2 N–H and O–H groups in total. The highest BCUT2D eigenvalue weighted by Gasteiger charge is 2.09. The fourth-order valence-corrected chi connectivity index (χ4v) is 1.71. The topological polar surface area (TPSA) is 41.1 Å². The number of carbonyl (C=O) groups excluding carboxylic acids is 1. The lowest BCUT2D eigenvalue weighted by Crippen LogP contribution is -2.34. The maximum absolute atomic E-state index is 13.4. The summed E-state index contributed by atoms with van der Waals surface area (Å²) in [6.07, 6.45) is 0. The molecular formula is C14H10F2N2OS. The van der Waals surface area contributed by atoms with Crippen LogP contribution in [0.15, 0.2) is 48.5 Å². The van der Waals surface area contributed by atoms with Crippen molar-refractivity contribution >= 4 is 28.9 Å². The summed E-state index contributed by atoms with van der Waals surface area (Å²) in [4.78, 5) is 11.8. The van der Waals surface area contributed by atoms with Gasteiger partial charge in [-0.2, -0.15) is 0 Å². The molecule has 2 aromatic carbocycles. The van der Waals surface area contributed by atoms with Crippen molar-refractivity contribution in [1.82, 2.24) is 5.32 Å². The lowest BCUT2D eigenvalue weighted by atomic mass is 10.2. The molecule has 0 atom stereocenters. The van der Waals surface area contributed by atoms with E-state index in [0.29, 0.717) is 5.56 Å². The van der Waals surface area contributed by atoms with E-state index in [1.54, 1.807) is 30.3 Å². The summed E-state index contributed by atoms with van der Waals surface area (Å²) in [5.74, 6) is -1.89. The average Bonchev–Trinajstić information content (AvgIpc) is 2.43. The van der Waals surface area contributed by atoms with Crippen LogP contribution in [0.4, 0.5) is 14.5 Å². The van der Waals surface area contributed by atoms with Gasteiger partial charge < -0.3 is 5.32 Å². The van der Waals surface area contributed by atoms with Crippen LogP contribution in [0.3, 0.4) is 0 Å². The average molecular weight is 292 g/mol.